The summed E-state index contributed by atoms with van der Waals surface area (Å²) in [5, 5.41) is 12.6. The number of hydrogen-bond donors (Lipinski definition) is 1. The monoisotopic (exact) mass is 308 g/mol. The van der Waals surface area contributed by atoms with Crippen molar-refractivity contribution in [1.82, 2.24) is 0 Å². The molecule has 1 rings (SSSR count). The van der Waals surface area contributed by atoms with Crippen molar-refractivity contribution in [3.8, 4) is 6.07 Å². The van der Waals surface area contributed by atoms with Gasteiger partial charge in [-0.2, -0.15) is 5.26 Å². The SMILES string of the molecule is CC(C)(C)CC(C)(C)Nc1ccc(Br)cc1C#N. The van der Waals surface area contributed by atoms with Gasteiger partial charge in [-0.3, -0.25) is 0 Å². The smallest absolute Gasteiger partial charge is 0.101 e. The molecule has 0 saturated heterocycles. The summed E-state index contributed by atoms with van der Waals surface area (Å²) in [5.41, 5.74) is 1.78. The molecule has 1 N–H and O–H groups in total. The van der Waals surface area contributed by atoms with Crippen LogP contribution in [0.4, 0.5) is 5.69 Å². The van der Waals surface area contributed by atoms with Gasteiger partial charge in [0.15, 0.2) is 0 Å². The van der Waals surface area contributed by atoms with Gasteiger partial charge in [-0.25, -0.2) is 0 Å². The lowest BCUT2D eigenvalue weighted by atomic mass is 9.81. The normalized spacial score (nSPS) is 12.1. The zero-order chi connectivity index (χ0) is 14.0. The number of anilines is 1. The maximum atomic E-state index is 9.16. The van der Waals surface area contributed by atoms with Crippen LogP contribution in [-0.2, 0) is 0 Å². The van der Waals surface area contributed by atoms with E-state index >= 15 is 0 Å². The topological polar surface area (TPSA) is 35.8 Å². The Morgan fingerprint density at radius 2 is 1.83 bits per heavy atom. The van der Waals surface area contributed by atoms with Crippen LogP contribution in [0.1, 0.15) is 46.6 Å². The van der Waals surface area contributed by atoms with Crippen LogP contribution in [0.5, 0.6) is 0 Å². The molecule has 0 aliphatic rings. The van der Waals surface area contributed by atoms with Crippen molar-refractivity contribution >= 4 is 21.6 Å². The largest absolute Gasteiger partial charge is 0.379 e. The van der Waals surface area contributed by atoms with Gasteiger partial charge in [0, 0.05) is 10.0 Å². The maximum Gasteiger partial charge on any atom is 0.101 e. The molecule has 0 spiro atoms. The molecule has 3 heteroatoms. The number of nitrogens with one attached hydrogen (secondary N) is 1. The van der Waals surface area contributed by atoms with E-state index in [2.05, 4.69) is 61.9 Å². The summed E-state index contributed by atoms with van der Waals surface area (Å²) in [4.78, 5) is 0. The van der Waals surface area contributed by atoms with E-state index in [4.69, 9.17) is 5.26 Å². The second-order valence-corrected chi connectivity index (χ2v) is 7.46. The lowest BCUT2D eigenvalue weighted by Gasteiger charge is -2.34. The van der Waals surface area contributed by atoms with Gasteiger partial charge in [0.2, 0.25) is 0 Å². The molecule has 2 nitrogen and oxygen atoms in total. The molecule has 0 radical (unpaired) electrons. The van der Waals surface area contributed by atoms with Crippen LogP contribution < -0.4 is 5.32 Å². The van der Waals surface area contributed by atoms with Crippen LogP contribution in [0.25, 0.3) is 0 Å². The first-order chi connectivity index (χ1) is 8.13. The Kier molecular flexibility index (Phi) is 4.45. The first kappa shape index (κ1) is 15.0. The zero-order valence-electron chi connectivity index (χ0n) is 11.8. The molecule has 0 aliphatic carbocycles. The number of rotatable bonds is 3. The summed E-state index contributed by atoms with van der Waals surface area (Å²) in [6.07, 6.45) is 1.03. The number of benzene rings is 1. The summed E-state index contributed by atoms with van der Waals surface area (Å²) < 4.78 is 0.929. The van der Waals surface area contributed by atoms with Crippen LogP contribution in [0, 0.1) is 16.7 Å². The minimum Gasteiger partial charge on any atom is -0.379 e. The van der Waals surface area contributed by atoms with Crippen LogP contribution in [0.2, 0.25) is 0 Å². The highest BCUT2D eigenvalue weighted by atomic mass is 79.9. The molecule has 98 valence electrons. The van der Waals surface area contributed by atoms with E-state index in [9.17, 15) is 0 Å². The fraction of sp³-hybridized carbons (Fsp3) is 0.533. The third kappa shape index (κ3) is 4.70. The van der Waals surface area contributed by atoms with Crippen molar-refractivity contribution in [3.05, 3.63) is 28.2 Å². The second-order valence-electron chi connectivity index (χ2n) is 6.55. The number of nitriles is 1. The van der Waals surface area contributed by atoms with E-state index in [1.807, 2.05) is 18.2 Å². The fourth-order valence-corrected chi connectivity index (χ4v) is 2.81. The second kappa shape index (κ2) is 5.32. The lowest BCUT2D eigenvalue weighted by Crippen LogP contribution is -2.35. The van der Waals surface area contributed by atoms with Crippen molar-refractivity contribution in [2.75, 3.05) is 5.32 Å². The van der Waals surface area contributed by atoms with E-state index in [1.165, 1.54) is 0 Å². The Bertz CT molecular complexity index is 464. The molecular formula is C15H21BrN2. The van der Waals surface area contributed by atoms with Gasteiger partial charge in [-0.1, -0.05) is 36.7 Å². The van der Waals surface area contributed by atoms with Crippen LogP contribution in [-0.4, -0.2) is 5.54 Å². The Hall–Kier alpha value is -1.01. The van der Waals surface area contributed by atoms with Crippen molar-refractivity contribution in [2.24, 2.45) is 5.41 Å². The van der Waals surface area contributed by atoms with Gasteiger partial charge >= 0.3 is 0 Å². The Morgan fingerprint density at radius 3 is 2.33 bits per heavy atom. The highest BCUT2D eigenvalue weighted by molar-refractivity contribution is 9.10. The van der Waals surface area contributed by atoms with E-state index < -0.39 is 0 Å². The molecule has 0 heterocycles. The number of hydrogen-bond acceptors (Lipinski definition) is 2. The van der Waals surface area contributed by atoms with Crippen molar-refractivity contribution in [1.29, 1.82) is 5.26 Å². The van der Waals surface area contributed by atoms with Crippen molar-refractivity contribution in [2.45, 2.75) is 46.6 Å². The predicted octanol–water partition coefficient (Wildman–Crippen LogP) is 4.95. The van der Waals surface area contributed by atoms with Gasteiger partial charge in [0.05, 0.1) is 11.3 Å². The summed E-state index contributed by atoms with van der Waals surface area (Å²) >= 11 is 3.39. The number of nitrogens with zero attached hydrogens (tertiary/aromatic N) is 1. The molecule has 18 heavy (non-hydrogen) atoms. The van der Waals surface area contributed by atoms with Crippen LogP contribution in [0.3, 0.4) is 0 Å². The Morgan fingerprint density at radius 1 is 1.22 bits per heavy atom. The minimum absolute atomic E-state index is 0.0440. The standard InChI is InChI=1S/C15H21BrN2/c1-14(2,3)10-15(4,5)18-13-7-6-12(16)8-11(13)9-17/h6-8,18H,10H2,1-5H3. The molecule has 1 aromatic carbocycles. The average molecular weight is 309 g/mol. The van der Waals surface area contributed by atoms with Gasteiger partial charge in [0.1, 0.15) is 6.07 Å². The zero-order valence-corrected chi connectivity index (χ0v) is 13.4. The highest BCUT2D eigenvalue weighted by Crippen LogP contribution is 2.31. The summed E-state index contributed by atoms with van der Waals surface area (Å²) in [6, 6.07) is 7.98. The van der Waals surface area contributed by atoms with Crippen LogP contribution >= 0.6 is 15.9 Å². The van der Waals surface area contributed by atoms with Crippen molar-refractivity contribution < 1.29 is 0 Å². The van der Waals surface area contributed by atoms with Gasteiger partial charge in [0.25, 0.3) is 0 Å². The van der Waals surface area contributed by atoms with E-state index in [0.717, 1.165) is 16.6 Å². The summed E-state index contributed by atoms with van der Waals surface area (Å²) in [5.74, 6) is 0. The van der Waals surface area contributed by atoms with Crippen LogP contribution in [0.15, 0.2) is 22.7 Å². The third-order valence-electron chi connectivity index (χ3n) is 2.55. The van der Waals surface area contributed by atoms with E-state index in [-0.39, 0.29) is 11.0 Å². The molecule has 1 aromatic rings. The van der Waals surface area contributed by atoms with E-state index in [0.29, 0.717) is 5.56 Å². The van der Waals surface area contributed by atoms with Crippen molar-refractivity contribution in [3.63, 3.8) is 0 Å². The first-order valence-corrected chi connectivity index (χ1v) is 6.90. The summed E-state index contributed by atoms with van der Waals surface area (Å²) in [6.45, 7) is 11.0. The first-order valence-electron chi connectivity index (χ1n) is 6.11. The van der Waals surface area contributed by atoms with Gasteiger partial charge in [-0.15, -0.1) is 0 Å². The quantitative estimate of drug-likeness (QED) is 0.857. The molecule has 0 fully saturated rings. The van der Waals surface area contributed by atoms with Gasteiger partial charge < -0.3 is 5.32 Å². The fourth-order valence-electron chi connectivity index (χ4n) is 2.45. The molecule has 0 unspecified atom stereocenters. The highest BCUT2D eigenvalue weighted by Gasteiger charge is 2.25. The molecule has 0 bridgehead atoms. The molecule has 0 amide bonds. The lowest BCUT2D eigenvalue weighted by molar-refractivity contribution is 0.302. The third-order valence-corrected chi connectivity index (χ3v) is 3.04. The van der Waals surface area contributed by atoms with Gasteiger partial charge in [-0.05, 0) is 43.9 Å². The Balaban J connectivity index is 2.94. The minimum atomic E-state index is -0.0440. The molecular weight excluding hydrogens is 288 g/mol. The summed E-state index contributed by atoms with van der Waals surface area (Å²) in [7, 11) is 0. The molecule has 0 saturated carbocycles. The molecule has 0 aliphatic heterocycles. The molecule has 0 atom stereocenters. The van der Waals surface area contributed by atoms with E-state index in [1.54, 1.807) is 0 Å². The molecule has 0 aromatic heterocycles. The number of halogens is 1. The maximum absolute atomic E-state index is 9.16. The predicted molar refractivity (Wildman–Crippen MR) is 80.6 cm³/mol. The Labute approximate surface area is 119 Å². The average Bonchev–Trinajstić information content (AvgIpc) is 2.16.